The first-order valence-corrected chi connectivity index (χ1v) is 16.9. The summed E-state index contributed by atoms with van der Waals surface area (Å²) in [4.78, 5) is 60.7. The number of nitrogens with one attached hydrogen (secondary N) is 1. The quantitative estimate of drug-likeness (QED) is 0.103. The average molecular weight is 928 g/mol. The second-order valence-corrected chi connectivity index (χ2v) is 12.8. The Bertz CT molecular complexity index is 1990. The molecule has 1 aliphatic heterocycles. The second kappa shape index (κ2) is 24.6. The number of rotatable bonds is 5. The van der Waals surface area contributed by atoms with Crippen molar-refractivity contribution in [1.82, 2.24) is 24.5 Å². The maximum Gasteiger partial charge on any atom is 0.490 e. The summed E-state index contributed by atoms with van der Waals surface area (Å²) >= 11 is 0. The van der Waals surface area contributed by atoms with Gasteiger partial charge in [0.05, 0.1) is 6.20 Å². The maximum atomic E-state index is 12.7. The number of piperazine rings is 1. The molecule has 1 amide bonds. The predicted octanol–water partition coefficient (Wildman–Crippen LogP) is 6.78. The van der Waals surface area contributed by atoms with Gasteiger partial charge in [-0.2, -0.15) is 52.7 Å². The zero-order chi connectivity index (χ0) is 49.0. The Morgan fingerprint density at radius 3 is 1.57 bits per heavy atom. The van der Waals surface area contributed by atoms with E-state index >= 15 is 0 Å². The van der Waals surface area contributed by atoms with Crippen LogP contribution in [0.1, 0.15) is 42.3 Å². The first-order valence-electron chi connectivity index (χ1n) is 16.9. The van der Waals surface area contributed by atoms with Gasteiger partial charge in [-0.05, 0) is 46.9 Å². The lowest BCUT2D eigenvalue weighted by molar-refractivity contribution is -0.339. The number of alkyl halides is 12. The van der Waals surface area contributed by atoms with E-state index in [0.717, 1.165) is 38.5 Å². The van der Waals surface area contributed by atoms with Crippen LogP contribution in [0.15, 0.2) is 67.1 Å². The zero-order valence-corrected chi connectivity index (χ0v) is 32.6. The minimum absolute atomic E-state index is 0.0476. The predicted molar refractivity (Wildman–Crippen MR) is 195 cm³/mol. The van der Waals surface area contributed by atoms with Crippen LogP contribution in [0.5, 0.6) is 0 Å². The van der Waals surface area contributed by atoms with E-state index < -0.39 is 36.6 Å². The van der Waals surface area contributed by atoms with Crippen LogP contribution in [-0.2, 0) is 31.1 Å². The van der Waals surface area contributed by atoms with Crippen LogP contribution in [0.2, 0.25) is 0 Å². The number of benzene rings is 1. The fourth-order valence-corrected chi connectivity index (χ4v) is 4.30. The van der Waals surface area contributed by atoms with Crippen molar-refractivity contribution in [2.75, 3.05) is 36.4 Å². The molecule has 1 fully saturated rings. The lowest BCUT2D eigenvalue weighted by atomic mass is 9.87. The van der Waals surface area contributed by atoms with Gasteiger partial charge in [-0.15, -0.1) is 5.10 Å². The van der Waals surface area contributed by atoms with E-state index in [9.17, 15) is 57.5 Å². The molecular weight excluding hydrogens is 890 g/mol. The first-order chi connectivity index (χ1) is 28.8. The van der Waals surface area contributed by atoms with E-state index in [1.165, 1.54) is 11.1 Å². The number of amides is 1. The first kappa shape index (κ1) is 56.3. The van der Waals surface area contributed by atoms with E-state index in [0.29, 0.717) is 17.0 Å². The Morgan fingerprint density at radius 2 is 1.19 bits per heavy atom. The summed E-state index contributed by atoms with van der Waals surface area (Å²) in [6.07, 6.45) is -16.8. The molecule has 5 N–H and O–H groups in total. The van der Waals surface area contributed by atoms with Gasteiger partial charge >= 0.3 is 36.6 Å². The molecule has 63 heavy (non-hydrogen) atoms. The Labute approximate surface area is 347 Å². The summed E-state index contributed by atoms with van der Waals surface area (Å²) in [5.41, 5.74) is 3.77. The van der Waals surface area contributed by atoms with E-state index in [2.05, 4.69) is 51.9 Å². The zero-order valence-electron chi connectivity index (χ0n) is 32.6. The topological polar surface area (TPSA) is 228 Å². The fraction of sp³-hybridized carbons (Fsp3) is 0.371. The van der Waals surface area contributed by atoms with Crippen molar-refractivity contribution < 1.29 is 97.1 Å². The van der Waals surface area contributed by atoms with Gasteiger partial charge in [0.1, 0.15) is 5.82 Å². The van der Waals surface area contributed by atoms with E-state index in [4.69, 9.17) is 44.7 Å². The summed E-state index contributed by atoms with van der Waals surface area (Å²) in [5, 5.41) is 35.7. The molecule has 4 aromatic rings. The van der Waals surface area contributed by atoms with Crippen LogP contribution in [0.4, 0.5) is 64.3 Å². The fourth-order valence-electron chi connectivity index (χ4n) is 4.30. The van der Waals surface area contributed by atoms with Crippen molar-refractivity contribution in [3.8, 4) is 0 Å². The summed E-state index contributed by atoms with van der Waals surface area (Å²) < 4.78 is 128. The number of fused-ring (bicyclic) bond motifs is 1. The molecule has 0 atom stereocenters. The molecule has 0 saturated carbocycles. The second-order valence-electron chi connectivity index (χ2n) is 12.8. The standard InChI is InChI=1S/C27H31N7O.C2F6.2C2HF3O2.2CH2O2/c1-27(2,3)22-8-6-21(7-9-22)26(35)30-23-19-34-24(29-23)10-11-25(31-34)33-15-13-32(14-16-33)18-20-5-4-12-28-17-20;3-1(4,5)2(6,7)8;2*3-2(4,5)1(6)7;2*2-1-3/h4-12,17,19H,13-16,18H2,1-3H3,(H,30,35);;2*(H,6,7);2*1H,(H,2,3). The average Bonchev–Trinajstić information content (AvgIpc) is 3.57. The molecule has 4 heterocycles. The Hall–Kier alpha value is -6.74. The number of anilines is 2. The number of imidazole rings is 1. The number of hydrogen-bond donors (Lipinski definition) is 5. The van der Waals surface area contributed by atoms with Crippen molar-refractivity contribution >= 4 is 48.1 Å². The van der Waals surface area contributed by atoms with Crippen molar-refractivity contribution in [3.05, 3.63) is 83.8 Å². The highest BCUT2D eigenvalue weighted by Gasteiger charge is 2.58. The van der Waals surface area contributed by atoms with Gasteiger partial charge in [-0.25, -0.2) is 19.1 Å². The minimum Gasteiger partial charge on any atom is -0.483 e. The third-order valence-electron chi connectivity index (χ3n) is 7.19. The molecule has 3 aromatic heterocycles. The number of carboxylic acid groups (broad SMARTS) is 4. The van der Waals surface area contributed by atoms with Crippen molar-refractivity contribution in [2.24, 2.45) is 0 Å². The molecule has 350 valence electrons. The molecule has 5 rings (SSSR count). The van der Waals surface area contributed by atoms with Gasteiger partial charge in [0, 0.05) is 50.7 Å². The smallest absolute Gasteiger partial charge is 0.483 e. The van der Waals surface area contributed by atoms with Gasteiger partial charge in [-0.3, -0.25) is 24.3 Å². The molecule has 0 bridgehead atoms. The van der Waals surface area contributed by atoms with Crippen molar-refractivity contribution in [2.45, 2.75) is 57.4 Å². The Kier molecular flexibility index (Phi) is 22.0. The Balaban J connectivity index is 0.00000112. The van der Waals surface area contributed by atoms with Crippen LogP contribution >= 0.6 is 0 Å². The molecule has 0 radical (unpaired) electrons. The van der Waals surface area contributed by atoms with Gasteiger partial charge in [0.2, 0.25) is 0 Å². The van der Waals surface area contributed by atoms with Crippen molar-refractivity contribution in [3.63, 3.8) is 0 Å². The van der Waals surface area contributed by atoms with Crippen LogP contribution in [0, 0.1) is 0 Å². The number of carboxylic acids is 2. The number of aliphatic carboxylic acids is 2. The lowest BCUT2D eigenvalue weighted by Crippen LogP contribution is -2.46. The third-order valence-corrected chi connectivity index (χ3v) is 7.19. The monoisotopic (exact) mass is 927 g/mol. The number of carbonyl (C=O) groups excluding carboxylic acids is 1. The molecule has 0 spiro atoms. The van der Waals surface area contributed by atoms with Crippen LogP contribution < -0.4 is 10.2 Å². The van der Waals surface area contributed by atoms with Crippen LogP contribution in [0.25, 0.3) is 5.65 Å². The molecule has 1 aliphatic rings. The summed E-state index contributed by atoms with van der Waals surface area (Å²) in [6.45, 7) is 10.6. The van der Waals surface area contributed by atoms with Crippen molar-refractivity contribution in [1.29, 1.82) is 0 Å². The Morgan fingerprint density at radius 1 is 0.730 bits per heavy atom. The van der Waals surface area contributed by atoms with E-state index in [1.54, 1.807) is 16.9 Å². The molecule has 0 aliphatic carbocycles. The highest BCUT2D eigenvalue weighted by atomic mass is 19.5. The van der Waals surface area contributed by atoms with Gasteiger partial charge in [0.25, 0.3) is 18.9 Å². The van der Waals surface area contributed by atoms with Crippen LogP contribution in [-0.4, -0.2) is 127 Å². The highest BCUT2D eigenvalue weighted by Crippen LogP contribution is 2.36. The molecular formula is C35H37F12N7O9. The van der Waals surface area contributed by atoms with E-state index in [1.807, 2.05) is 48.7 Å². The number of pyridine rings is 1. The lowest BCUT2D eigenvalue weighted by Gasteiger charge is -2.35. The van der Waals surface area contributed by atoms with E-state index in [-0.39, 0.29) is 24.3 Å². The molecule has 1 saturated heterocycles. The van der Waals surface area contributed by atoms with Gasteiger partial charge in [-0.1, -0.05) is 39.0 Å². The number of aromatic nitrogens is 4. The SMILES string of the molecule is CC(C)(C)c1ccc(C(=O)Nc2cn3nc(N4CCN(Cc5cccnc5)CC4)ccc3n2)cc1.FC(F)(F)C(F)(F)F.O=C(O)C(F)(F)F.O=C(O)C(F)(F)F.O=CO.O=CO. The molecule has 28 heteroatoms. The number of halogens is 12. The number of carbonyl (C=O) groups is 5. The highest BCUT2D eigenvalue weighted by molar-refractivity contribution is 6.03. The molecule has 1 aromatic carbocycles. The molecule has 0 unspecified atom stereocenters. The molecule has 16 nitrogen and oxygen atoms in total. The number of hydrogen-bond acceptors (Lipinski definition) is 10. The summed E-state index contributed by atoms with van der Waals surface area (Å²) in [6, 6.07) is 15.8. The third kappa shape index (κ3) is 21.6. The summed E-state index contributed by atoms with van der Waals surface area (Å²) in [7, 11) is 0. The minimum atomic E-state index is -6.06. The normalized spacial score (nSPS) is 13.0. The van der Waals surface area contributed by atoms with Crippen LogP contribution in [0.3, 0.4) is 0 Å². The van der Waals surface area contributed by atoms with Gasteiger partial charge < -0.3 is 30.6 Å². The number of nitrogens with zero attached hydrogens (tertiary/aromatic N) is 6. The summed E-state index contributed by atoms with van der Waals surface area (Å²) in [5.74, 6) is -4.30. The largest absolute Gasteiger partial charge is 0.490 e. The maximum absolute atomic E-state index is 12.7. The van der Waals surface area contributed by atoms with Gasteiger partial charge in [0.15, 0.2) is 11.5 Å².